The third kappa shape index (κ3) is 2.25. The summed E-state index contributed by atoms with van der Waals surface area (Å²) in [6.07, 6.45) is 1.67. The largest absolute Gasteiger partial charge is 0.486 e. The van der Waals surface area contributed by atoms with Gasteiger partial charge in [0, 0.05) is 34.3 Å². The normalized spacial score (nSPS) is 19.9. The average molecular weight is 371 g/mol. The maximum absolute atomic E-state index is 13.3. The fourth-order valence-corrected chi connectivity index (χ4v) is 3.83. The topological polar surface area (TPSA) is 88.2 Å². The molecule has 3 N–H and O–H groups in total. The van der Waals surface area contributed by atoms with Gasteiger partial charge in [-0.2, -0.15) is 0 Å². The van der Waals surface area contributed by atoms with E-state index in [9.17, 15) is 9.90 Å². The summed E-state index contributed by atoms with van der Waals surface area (Å²) in [5.41, 5.74) is 7.37. The molecule has 1 unspecified atom stereocenters. The first kappa shape index (κ1) is 16.5. The first-order valence-corrected chi connectivity index (χ1v) is 8.91. The minimum absolute atomic E-state index is 0.291. The summed E-state index contributed by atoms with van der Waals surface area (Å²) in [4.78, 5) is 19.0. The predicted molar refractivity (Wildman–Crippen MR) is 107 cm³/mol. The monoisotopic (exact) mass is 371 g/mol. The van der Waals surface area contributed by atoms with Gasteiger partial charge in [-0.1, -0.05) is 24.3 Å². The predicted octanol–water partition coefficient (Wildman–Crippen LogP) is 3.22. The number of ether oxygens (including phenoxy) is 1. The number of carbonyl (C=O) groups excluding carboxylic acids is 1. The zero-order chi connectivity index (χ0) is 19.3. The Morgan fingerprint density at radius 2 is 1.93 bits per heavy atom. The Morgan fingerprint density at radius 1 is 1.07 bits per heavy atom. The van der Waals surface area contributed by atoms with Gasteiger partial charge < -0.3 is 15.6 Å². The highest BCUT2D eigenvalue weighted by atomic mass is 16.5. The van der Waals surface area contributed by atoms with Crippen molar-refractivity contribution >= 4 is 29.2 Å². The Hall–Kier alpha value is -3.64. The lowest BCUT2D eigenvalue weighted by atomic mass is 9.93. The maximum Gasteiger partial charge on any atom is 0.261 e. The third-order valence-electron chi connectivity index (χ3n) is 5.09. The van der Waals surface area contributed by atoms with Gasteiger partial charge in [0.15, 0.2) is 5.72 Å². The Kier molecular flexibility index (Phi) is 3.50. The molecule has 0 saturated heterocycles. The van der Waals surface area contributed by atoms with E-state index in [2.05, 4.69) is 4.99 Å². The number of hydrogen-bond acceptors (Lipinski definition) is 5. The number of aliphatic imine (C=N–C) groups is 1. The SMILES string of the molecule is Nc1cccc(N2C(=O)c3ccccc3C2(O)c2ccc3c(c2)N=CCO3)c1. The number of benzene rings is 3. The summed E-state index contributed by atoms with van der Waals surface area (Å²) in [7, 11) is 0. The van der Waals surface area contributed by atoms with Crippen LogP contribution in [0.25, 0.3) is 0 Å². The van der Waals surface area contributed by atoms with Gasteiger partial charge in [-0.15, -0.1) is 0 Å². The minimum atomic E-state index is -1.69. The molecule has 0 aliphatic carbocycles. The molecule has 3 aromatic rings. The van der Waals surface area contributed by atoms with Gasteiger partial charge in [0.1, 0.15) is 18.0 Å². The Bertz CT molecular complexity index is 1140. The van der Waals surface area contributed by atoms with E-state index in [1.165, 1.54) is 4.90 Å². The van der Waals surface area contributed by atoms with Gasteiger partial charge in [-0.3, -0.25) is 14.7 Å². The van der Waals surface area contributed by atoms with Crippen LogP contribution in [0.4, 0.5) is 17.1 Å². The number of nitrogens with two attached hydrogens (primary N) is 1. The summed E-state index contributed by atoms with van der Waals surface area (Å²) < 4.78 is 5.56. The highest BCUT2D eigenvalue weighted by molar-refractivity contribution is 6.12. The zero-order valence-electron chi connectivity index (χ0n) is 14.9. The second kappa shape index (κ2) is 5.94. The molecule has 28 heavy (non-hydrogen) atoms. The third-order valence-corrected chi connectivity index (χ3v) is 5.09. The number of fused-ring (bicyclic) bond motifs is 2. The summed E-state index contributed by atoms with van der Waals surface area (Å²) in [6.45, 7) is 0.410. The van der Waals surface area contributed by atoms with Gasteiger partial charge in [-0.05, 0) is 42.5 Å². The smallest absolute Gasteiger partial charge is 0.261 e. The molecule has 6 nitrogen and oxygen atoms in total. The first-order valence-electron chi connectivity index (χ1n) is 8.91. The number of nitrogen functional groups attached to an aromatic ring is 1. The molecule has 1 amide bonds. The molecule has 5 rings (SSSR count). The van der Waals surface area contributed by atoms with Crippen LogP contribution in [0.1, 0.15) is 21.5 Å². The van der Waals surface area contributed by atoms with Crippen LogP contribution in [0.15, 0.2) is 71.7 Å². The maximum atomic E-state index is 13.3. The molecule has 0 saturated carbocycles. The van der Waals surface area contributed by atoms with E-state index >= 15 is 0 Å². The Morgan fingerprint density at radius 3 is 2.79 bits per heavy atom. The van der Waals surface area contributed by atoms with Gasteiger partial charge in [0.25, 0.3) is 5.91 Å². The molecule has 2 aliphatic heterocycles. The standard InChI is InChI=1S/C22H17N3O3/c23-15-4-3-5-16(13-15)25-21(26)17-6-1-2-7-18(17)22(25,27)14-8-9-20-19(12-14)24-10-11-28-20/h1-10,12-13,27H,11,23H2. The lowest BCUT2D eigenvalue weighted by Crippen LogP contribution is -2.45. The first-order chi connectivity index (χ1) is 13.6. The molecule has 0 fully saturated rings. The van der Waals surface area contributed by atoms with E-state index in [-0.39, 0.29) is 5.91 Å². The number of carbonyl (C=O) groups is 1. The van der Waals surface area contributed by atoms with Crippen LogP contribution in [0.3, 0.4) is 0 Å². The van der Waals surface area contributed by atoms with Gasteiger partial charge in [-0.25, -0.2) is 0 Å². The van der Waals surface area contributed by atoms with Crippen molar-refractivity contribution in [2.24, 2.45) is 4.99 Å². The molecule has 0 aromatic heterocycles. The molecule has 0 radical (unpaired) electrons. The second-order valence-electron chi connectivity index (χ2n) is 6.76. The summed E-state index contributed by atoms with van der Waals surface area (Å²) in [6, 6.07) is 19.3. The molecule has 0 spiro atoms. The van der Waals surface area contributed by atoms with Crippen molar-refractivity contribution in [2.75, 3.05) is 17.2 Å². The van der Waals surface area contributed by atoms with Crippen molar-refractivity contribution in [1.29, 1.82) is 0 Å². The van der Waals surface area contributed by atoms with E-state index in [1.54, 1.807) is 72.9 Å². The van der Waals surface area contributed by atoms with Crippen LogP contribution in [0, 0.1) is 0 Å². The highest BCUT2D eigenvalue weighted by Gasteiger charge is 2.50. The van der Waals surface area contributed by atoms with E-state index in [1.807, 2.05) is 0 Å². The van der Waals surface area contributed by atoms with Crippen LogP contribution in [-0.2, 0) is 5.72 Å². The Labute approximate surface area is 161 Å². The van der Waals surface area contributed by atoms with Crippen molar-refractivity contribution in [2.45, 2.75) is 5.72 Å². The van der Waals surface area contributed by atoms with Crippen molar-refractivity contribution in [3.05, 3.63) is 83.4 Å². The molecule has 2 aliphatic rings. The number of nitrogens with zero attached hydrogens (tertiary/aromatic N) is 2. The summed E-state index contributed by atoms with van der Waals surface area (Å²) in [5, 5.41) is 12.0. The van der Waals surface area contributed by atoms with E-state index < -0.39 is 5.72 Å². The van der Waals surface area contributed by atoms with Crippen molar-refractivity contribution in [3.8, 4) is 5.75 Å². The second-order valence-corrected chi connectivity index (χ2v) is 6.76. The molecule has 0 bridgehead atoms. The van der Waals surface area contributed by atoms with Crippen LogP contribution in [0.2, 0.25) is 0 Å². The van der Waals surface area contributed by atoms with Crippen molar-refractivity contribution < 1.29 is 14.6 Å². The molecular weight excluding hydrogens is 354 g/mol. The number of rotatable bonds is 2. The van der Waals surface area contributed by atoms with Crippen LogP contribution in [0.5, 0.6) is 5.75 Å². The lowest BCUT2D eigenvalue weighted by Gasteiger charge is -2.35. The molecule has 6 heteroatoms. The molecular formula is C22H17N3O3. The van der Waals surface area contributed by atoms with Crippen LogP contribution >= 0.6 is 0 Å². The van der Waals surface area contributed by atoms with Crippen LogP contribution in [-0.4, -0.2) is 23.8 Å². The van der Waals surface area contributed by atoms with Gasteiger partial charge >= 0.3 is 0 Å². The fourth-order valence-electron chi connectivity index (χ4n) is 3.83. The molecule has 138 valence electrons. The number of hydrogen-bond donors (Lipinski definition) is 2. The van der Waals surface area contributed by atoms with E-state index in [0.717, 1.165) is 0 Å². The van der Waals surface area contributed by atoms with E-state index in [4.69, 9.17) is 10.5 Å². The molecule has 1 atom stereocenters. The quantitative estimate of drug-likeness (QED) is 0.677. The van der Waals surface area contributed by atoms with Crippen molar-refractivity contribution in [3.63, 3.8) is 0 Å². The molecule has 2 heterocycles. The molecule has 3 aromatic carbocycles. The average Bonchev–Trinajstić information content (AvgIpc) is 2.96. The number of aliphatic hydroxyl groups is 1. The lowest BCUT2D eigenvalue weighted by molar-refractivity contribution is 0.0703. The number of anilines is 2. The van der Waals surface area contributed by atoms with Gasteiger partial charge in [0.2, 0.25) is 0 Å². The Balaban J connectivity index is 1.76. The summed E-state index contributed by atoms with van der Waals surface area (Å²) in [5.74, 6) is 0.351. The van der Waals surface area contributed by atoms with Gasteiger partial charge in [0.05, 0.1) is 0 Å². The summed E-state index contributed by atoms with van der Waals surface area (Å²) >= 11 is 0. The minimum Gasteiger partial charge on any atom is -0.486 e. The van der Waals surface area contributed by atoms with E-state index in [0.29, 0.717) is 46.1 Å². The number of amides is 1. The zero-order valence-corrected chi connectivity index (χ0v) is 14.9. The fraction of sp³-hybridized carbons (Fsp3) is 0.0909. The highest BCUT2D eigenvalue weighted by Crippen LogP contribution is 2.46. The van der Waals surface area contributed by atoms with Crippen LogP contribution < -0.4 is 15.4 Å². The van der Waals surface area contributed by atoms with Crippen molar-refractivity contribution in [1.82, 2.24) is 0 Å².